The second kappa shape index (κ2) is 8.90. The third-order valence-corrected chi connectivity index (χ3v) is 3.48. The summed E-state index contributed by atoms with van der Waals surface area (Å²) in [7, 11) is 0. The highest BCUT2D eigenvalue weighted by Crippen LogP contribution is 2.28. The smallest absolute Gasteiger partial charge is 0.161 e. The van der Waals surface area contributed by atoms with Gasteiger partial charge in [-0.2, -0.15) is 0 Å². The SMILES string of the molecule is CCOc1ccc(CNCCCNC2CC2)cc1OCC. The topological polar surface area (TPSA) is 42.5 Å². The van der Waals surface area contributed by atoms with E-state index in [0.29, 0.717) is 13.2 Å². The van der Waals surface area contributed by atoms with E-state index in [1.165, 1.54) is 24.8 Å². The van der Waals surface area contributed by atoms with Crippen LogP contribution in [0.1, 0.15) is 38.7 Å². The Kier molecular flexibility index (Phi) is 6.83. The lowest BCUT2D eigenvalue weighted by atomic mass is 10.2. The summed E-state index contributed by atoms with van der Waals surface area (Å²) in [4.78, 5) is 0. The molecule has 1 aromatic carbocycles. The van der Waals surface area contributed by atoms with Crippen LogP contribution in [0.25, 0.3) is 0 Å². The van der Waals surface area contributed by atoms with Crippen molar-refractivity contribution in [1.82, 2.24) is 10.6 Å². The highest BCUT2D eigenvalue weighted by Gasteiger charge is 2.19. The Morgan fingerprint density at radius 2 is 1.81 bits per heavy atom. The average molecular weight is 292 g/mol. The Balaban J connectivity index is 1.72. The lowest BCUT2D eigenvalue weighted by Gasteiger charge is -2.13. The predicted molar refractivity (Wildman–Crippen MR) is 86.1 cm³/mol. The molecule has 0 bridgehead atoms. The van der Waals surface area contributed by atoms with Gasteiger partial charge in [-0.05, 0) is 63.9 Å². The Morgan fingerprint density at radius 3 is 2.52 bits per heavy atom. The number of hydrogen-bond acceptors (Lipinski definition) is 4. The Labute approximate surface area is 128 Å². The largest absolute Gasteiger partial charge is 0.490 e. The number of benzene rings is 1. The van der Waals surface area contributed by atoms with E-state index in [1.54, 1.807) is 0 Å². The van der Waals surface area contributed by atoms with Crippen molar-refractivity contribution in [2.45, 2.75) is 45.7 Å². The van der Waals surface area contributed by atoms with E-state index in [2.05, 4.69) is 22.8 Å². The molecule has 0 aliphatic heterocycles. The van der Waals surface area contributed by atoms with Crippen LogP contribution in [-0.2, 0) is 6.54 Å². The molecular formula is C17H28N2O2. The summed E-state index contributed by atoms with van der Waals surface area (Å²) in [5, 5.41) is 7.01. The minimum atomic E-state index is 0.657. The molecule has 2 rings (SSSR count). The molecule has 0 atom stereocenters. The van der Waals surface area contributed by atoms with Crippen molar-refractivity contribution in [3.63, 3.8) is 0 Å². The maximum absolute atomic E-state index is 5.65. The third-order valence-electron chi connectivity index (χ3n) is 3.48. The lowest BCUT2D eigenvalue weighted by molar-refractivity contribution is 0.287. The Bertz CT molecular complexity index is 419. The van der Waals surface area contributed by atoms with Gasteiger partial charge in [-0.3, -0.25) is 0 Å². The Hall–Kier alpha value is -1.26. The van der Waals surface area contributed by atoms with Crippen LogP contribution in [0.5, 0.6) is 11.5 Å². The first-order valence-corrected chi connectivity index (χ1v) is 8.16. The van der Waals surface area contributed by atoms with Gasteiger partial charge in [-0.25, -0.2) is 0 Å². The van der Waals surface area contributed by atoms with E-state index in [0.717, 1.165) is 37.2 Å². The molecule has 1 aliphatic carbocycles. The fourth-order valence-corrected chi connectivity index (χ4v) is 2.25. The summed E-state index contributed by atoms with van der Waals surface area (Å²) < 4.78 is 11.2. The van der Waals surface area contributed by atoms with E-state index in [9.17, 15) is 0 Å². The number of nitrogens with one attached hydrogen (secondary N) is 2. The summed E-state index contributed by atoms with van der Waals surface area (Å²) in [6.45, 7) is 8.32. The third kappa shape index (κ3) is 5.94. The van der Waals surface area contributed by atoms with Gasteiger partial charge in [-0.15, -0.1) is 0 Å². The molecule has 2 N–H and O–H groups in total. The lowest BCUT2D eigenvalue weighted by Crippen LogP contribution is -2.23. The van der Waals surface area contributed by atoms with Crippen molar-refractivity contribution < 1.29 is 9.47 Å². The summed E-state index contributed by atoms with van der Waals surface area (Å²) in [5.41, 5.74) is 1.23. The summed E-state index contributed by atoms with van der Waals surface area (Å²) in [6, 6.07) is 6.98. The summed E-state index contributed by atoms with van der Waals surface area (Å²) >= 11 is 0. The summed E-state index contributed by atoms with van der Waals surface area (Å²) in [5.74, 6) is 1.67. The van der Waals surface area contributed by atoms with E-state index >= 15 is 0 Å². The van der Waals surface area contributed by atoms with E-state index in [-0.39, 0.29) is 0 Å². The van der Waals surface area contributed by atoms with E-state index < -0.39 is 0 Å². The molecule has 0 aromatic heterocycles. The van der Waals surface area contributed by atoms with Crippen LogP contribution in [0.3, 0.4) is 0 Å². The van der Waals surface area contributed by atoms with Gasteiger partial charge in [0.15, 0.2) is 11.5 Å². The van der Waals surface area contributed by atoms with Gasteiger partial charge in [0.25, 0.3) is 0 Å². The van der Waals surface area contributed by atoms with Crippen molar-refractivity contribution in [3.05, 3.63) is 23.8 Å². The molecule has 1 fully saturated rings. The average Bonchev–Trinajstić information content (AvgIpc) is 3.30. The molecule has 4 heteroatoms. The molecule has 21 heavy (non-hydrogen) atoms. The molecule has 4 nitrogen and oxygen atoms in total. The van der Waals surface area contributed by atoms with Crippen molar-refractivity contribution in [1.29, 1.82) is 0 Å². The van der Waals surface area contributed by atoms with Crippen LogP contribution in [-0.4, -0.2) is 32.3 Å². The van der Waals surface area contributed by atoms with Crippen molar-refractivity contribution in [2.24, 2.45) is 0 Å². The minimum absolute atomic E-state index is 0.657. The molecular weight excluding hydrogens is 264 g/mol. The maximum Gasteiger partial charge on any atom is 0.161 e. The van der Waals surface area contributed by atoms with Gasteiger partial charge in [-0.1, -0.05) is 6.07 Å². The van der Waals surface area contributed by atoms with Crippen molar-refractivity contribution in [2.75, 3.05) is 26.3 Å². The van der Waals surface area contributed by atoms with Gasteiger partial charge < -0.3 is 20.1 Å². The monoisotopic (exact) mass is 292 g/mol. The number of hydrogen-bond donors (Lipinski definition) is 2. The molecule has 0 saturated heterocycles. The zero-order valence-corrected chi connectivity index (χ0v) is 13.3. The molecule has 118 valence electrons. The predicted octanol–water partition coefficient (Wildman–Crippen LogP) is 2.72. The van der Waals surface area contributed by atoms with Crippen molar-refractivity contribution in [3.8, 4) is 11.5 Å². The standard InChI is InChI=1S/C17H28N2O2/c1-3-20-16-9-6-14(12-17(16)21-4-2)13-18-10-5-11-19-15-7-8-15/h6,9,12,15,18-19H,3-5,7-8,10-11,13H2,1-2H3. The van der Waals surface area contributed by atoms with Gasteiger partial charge in [0.2, 0.25) is 0 Å². The van der Waals surface area contributed by atoms with Crippen LogP contribution < -0.4 is 20.1 Å². The Morgan fingerprint density at radius 1 is 1.05 bits per heavy atom. The summed E-state index contributed by atoms with van der Waals surface area (Å²) in [6.07, 6.45) is 3.89. The van der Waals surface area contributed by atoms with Gasteiger partial charge in [0.05, 0.1) is 13.2 Å². The molecule has 1 saturated carbocycles. The minimum Gasteiger partial charge on any atom is -0.490 e. The quantitative estimate of drug-likeness (QED) is 0.615. The fourth-order valence-electron chi connectivity index (χ4n) is 2.25. The van der Waals surface area contributed by atoms with Gasteiger partial charge >= 0.3 is 0 Å². The zero-order chi connectivity index (χ0) is 14.9. The highest BCUT2D eigenvalue weighted by molar-refractivity contribution is 5.43. The van der Waals surface area contributed by atoms with Crippen LogP contribution in [0.4, 0.5) is 0 Å². The molecule has 0 spiro atoms. The highest BCUT2D eigenvalue weighted by atomic mass is 16.5. The molecule has 0 radical (unpaired) electrons. The van der Waals surface area contributed by atoms with E-state index in [1.807, 2.05) is 19.9 Å². The van der Waals surface area contributed by atoms with Gasteiger partial charge in [0.1, 0.15) is 0 Å². The molecule has 0 heterocycles. The first kappa shape index (κ1) is 16.1. The second-order valence-electron chi connectivity index (χ2n) is 5.41. The molecule has 1 aromatic rings. The molecule has 0 amide bonds. The first-order chi connectivity index (χ1) is 10.3. The zero-order valence-electron chi connectivity index (χ0n) is 13.3. The molecule has 1 aliphatic rings. The number of ether oxygens (including phenoxy) is 2. The van der Waals surface area contributed by atoms with Crippen LogP contribution in [0.15, 0.2) is 18.2 Å². The van der Waals surface area contributed by atoms with Crippen molar-refractivity contribution >= 4 is 0 Å². The second-order valence-corrected chi connectivity index (χ2v) is 5.41. The normalized spacial score (nSPS) is 14.2. The fraction of sp³-hybridized carbons (Fsp3) is 0.647. The van der Waals surface area contributed by atoms with Crippen LogP contribution in [0, 0.1) is 0 Å². The number of rotatable bonds is 11. The van der Waals surface area contributed by atoms with Gasteiger partial charge in [0, 0.05) is 12.6 Å². The maximum atomic E-state index is 5.65. The molecule has 0 unspecified atom stereocenters. The van der Waals surface area contributed by atoms with Crippen LogP contribution >= 0.6 is 0 Å². The first-order valence-electron chi connectivity index (χ1n) is 8.16. The van der Waals surface area contributed by atoms with E-state index in [4.69, 9.17) is 9.47 Å². The van der Waals surface area contributed by atoms with Crippen LogP contribution in [0.2, 0.25) is 0 Å².